The average Bonchev–Trinajstić information content (AvgIpc) is 3.13. The van der Waals surface area contributed by atoms with Crippen LogP contribution in [0.5, 0.6) is 0 Å². The summed E-state index contributed by atoms with van der Waals surface area (Å²) in [4.78, 5) is 25.2. The van der Waals surface area contributed by atoms with Crippen LogP contribution in [0.3, 0.4) is 0 Å². The van der Waals surface area contributed by atoms with Crippen LogP contribution in [-0.4, -0.2) is 30.0 Å². The van der Waals surface area contributed by atoms with Crippen LogP contribution >= 0.6 is 0 Å². The van der Waals surface area contributed by atoms with Crippen LogP contribution in [0.15, 0.2) is 42.5 Å². The largest absolute Gasteiger partial charge is 0.495 e. The predicted molar refractivity (Wildman–Crippen MR) is 109 cm³/mol. The lowest BCUT2D eigenvalue weighted by molar-refractivity contribution is 0.00578. The zero-order chi connectivity index (χ0) is 20.1. The van der Waals surface area contributed by atoms with E-state index in [0.29, 0.717) is 29.7 Å². The van der Waals surface area contributed by atoms with Crippen LogP contribution in [0.4, 0.5) is 5.69 Å². The molecule has 1 fully saturated rings. The van der Waals surface area contributed by atoms with Crippen molar-refractivity contribution in [1.82, 2.24) is 0 Å². The van der Waals surface area contributed by atoms with E-state index in [9.17, 15) is 9.59 Å². The van der Waals surface area contributed by atoms with E-state index in [1.54, 1.807) is 18.2 Å². The zero-order valence-electron chi connectivity index (χ0n) is 16.7. The minimum absolute atomic E-state index is 0.0386. The number of hydrogen-bond acceptors (Lipinski definition) is 4. The molecule has 144 valence electrons. The molecule has 0 radical (unpaired) electrons. The summed E-state index contributed by atoms with van der Waals surface area (Å²) >= 11 is 0. The molecule has 5 nitrogen and oxygen atoms in total. The molecule has 2 aromatic rings. The third-order valence-corrected chi connectivity index (χ3v) is 6.02. The van der Waals surface area contributed by atoms with Crippen molar-refractivity contribution in [1.29, 1.82) is 0 Å². The van der Waals surface area contributed by atoms with Crippen molar-refractivity contribution in [3.63, 3.8) is 0 Å². The maximum Gasteiger partial charge on any atom is 0.495 e. The second kappa shape index (κ2) is 6.57. The quantitative estimate of drug-likeness (QED) is 0.834. The summed E-state index contributed by atoms with van der Waals surface area (Å²) in [5.41, 5.74) is 2.56. The van der Waals surface area contributed by atoms with Gasteiger partial charge >= 0.3 is 7.12 Å². The van der Waals surface area contributed by atoms with Crippen molar-refractivity contribution in [3.8, 4) is 0 Å². The molecule has 2 aliphatic rings. The number of rotatable bonds is 3. The minimum Gasteiger partial charge on any atom is -0.399 e. The standard InChI is InChI=1S/C22H24BNO4/c1-21(2)22(3,4)28-23(27-21)16-11-12-17(19-15(16)10-13-18(19)25)24-20(26)14-8-6-5-7-9-14/h5-9,11-12H,10,13H2,1-4H3,(H,24,26). The third-order valence-electron chi connectivity index (χ3n) is 6.02. The summed E-state index contributed by atoms with van der Waals surface area (Å²) in [5, 5.41) is 2.90. The molecule has 1 aliphatic carbocycles. The first-order valence-electron chi connectivity index (χ1n) is 9.61. The molecular formula is C22H24BNO4. The van der Waals surface area contributed by atoms with Gasteiger partial charge in [-0.25, -0.2) is 0 Å². The fraction of sp³-hybridized carbons (Fsp3) is 0.364. The van der Waals surface area contributed by atoms with E-state index in [0.717, 1.165) is 11.0 Å². The number of amides is 1. The Morgan fingerprint density at radius 1 is 0.964 bits per heavy atom. The highest BCUT2D eigenvalue weighted by Crippen LogP contribution is 2.38. The van der Waals surface area contributed by atoms with E-state index in [1.807, 2.05) is 52.0 Å². The van der Waals surface area contributed by atoms with Crippen LogP contribution < -0.4 is 10.8 Å². The van der Waals surface area contributed by atoms with Crippen molar-refractivity contribution in [2.45, 2.75) is 51.7 Å². The van der Waals surface area contributed by atoms with Crippen molar-refractivity contribution < 1.29 is 18.9 Å². The first-order valence-corrected chi connectivity index (χ1v) is 9.61. The lowest BCUT2D eigenvalue weighted by Crippen LogP contribution is -2.41. The van der Waals surface area contributed by atoms with Gasteiger partial charge in [-0.1, -0.05) is 24.3 Å². The molecule has 0 saturated carbocycles. The SMILES string of the molecule is CC1(C)OB(c2ccc(NC(=O)c3ccccc3)c3c2CCC3=O)OC1(C)C. The maximum absolute atomic E-state index is 12.6. The first kappa shape index (κ1) is 18.9. The molecule has 4 rings (SSSR count). The number of carbonyl (C=O) groups is 2. The van der Waals surface area contributed by atoms with Gasteiger partial charge in [-0.2, -0.15) is 0 Å². The van der Waals surface area contributed by atoms with Gasteiger partial charge in [-0.05, 0) is 63.3 Å². The molecule has 1 heterocycles. The van der Waals surface area contributed by atoms with Crippen LogP contribution in [-0.2, 0) is 15.7 Å². The molecule has 1 saturated heterocycles. The number of fused-ring (bicyclic) bond motifs is 1. The summed E-state index contributed by atoms with van der Waals surface area (Å²) < 4.78 is 12.4. The van der Waals surface area contributed by atoms with E-state index in [1.165, 1.54) is 0 Å². The number of Topliss-reactive ketones (excluding diaryl/α,β-unsaturated/α-hetero) is 1. The minimum atomic E-state index is -0.525. The van der Waals surface area contributed by atoms with Crippen molar-refractivity contribution in [2.24, 2.45) is 0 Å². The van der Waals surface area contributed by atoms with Crippen molar-refractivity contribution >= 4 is 30.0 Å². The lowest BCUT2D eigenvalue weighted by Gasteiger charge is -2.32. The molecule has 6 heteroatoms. The van der Waals surface area contributed by atoms with Crippen LogP contribution in [0.25, 0.3) is 0 Å². The van der Waals surface area contributed by atoms with Gasteiger partial charge in [0, 0.05) is 17.5 Å². The Morgan fingerprint density at radius 3 is 2.25 bits per heavy atom. The summed E-state index contributed by atoms with van der Waals surface area (Å²) in [7, 11) is -0.525. The number of ketones is 1. The maximum atomic E-state index is 12.6. The molecule has 0 bridgehead atoms. The highest BCUT2D eigenvalue weighted by Gasteiger charge is 2.52. The number of benzene rings is 2. The van der Waals surface area contributed by atoms with E-state index in [4.69, 9.17) is 9.31 Å². The first-order chi connectivity index (χ1) is 13.2. The topological polar surface area (TPSA) is 64.6 Å². The van der Waals surface area contributed by atoms with Gasteiger partial charge in [0.2, 0.25) is 0 Å². The Kier molecular flexibility index (Phi) is 4.44. The van der Waals surface area contributed by atoms with Gasteiger partial charge in [0.15, 0.2) is 5.78 Å². The molecule has 0 aromatic heterocycles. The van der Waals surface area contributed by atoms with Gasteiger partial charge in [0.05, 0.1) is 16.9 Å². The second-order valence-electron chi connectivity index (χ2n) is 8.39. The molecule has 0 unspecified atom stereocenters. The van der Waals surface area contributed by atoms with Crippen LogP contribution in [0.2, 0.25) is 0 Å². The lowest BCUT2D eigenvalue weighted by atomic mass is 9.74. The molecular weight excluding hydrogens is 353 g/mol. The van der Waals surface area contributed by atoms with Gasteiger partial charge in [0.25, 0.3) is 5.91 Å². The highest BCUT2D eigenvalue weighted by atomic mass is 16.7. The third kappa shape index (κ3) is 3.07. The molecule has 1 amide bonds. The summed E-state index contributed by atoms with van der Waals surface area (Å²) in [6.07, 6.45) is 1.06. The molecule has 2 aromatic carbocycles. The molecule has 1 N–H and O–H groups in total. The molecule has 28 heavy (non-hydrogen) atoms. The highest BCUT2D eigenvalue weighted by molar-refractivity contribution is 6.63. The summed E-state index contributed by atoms with van der Waals surface area (Å²) in [6, 6.07) is 12.7. The molecule has 1 aliphatic heterocycles. The van der Waals surface area contributed by atoms with Crippen LogP contribution in [0, 0.1) is 0 Å². The van der Waals surface area contributed by atoms with Crippen LogP contribution in [0.1, 0.15) is 60.4 Å². The molecule has 0 atom stereocenters. The van der Waals surface area contributed by atoms with Gasteiger partial charge in [-0.3, -0.25) is 9.59 Å². The van der Waals surface area contributed by atoms with Crippen molar-refractivity contribution in [2.75, 3.05) is 5.32 Å². The normalized spacial score (nSPS) is 19.6. The Morgan fingerprint density at radius 2 is 1.61 bits per heavy atom. The fourth-order valence-electron chi connectivity index (χ4n) is 3.69. The van der Waals surface area contributed by atoms with E-state index >= 15 is 0 Å². The number of hydrogen-bond donors (Lipinski definition) is 1. The smallest absolute Gasteiger partial charge is 0.399 e. The number of nitrogens with one attached hydrogen (secondary N) is 1. The van der Waals surface area contributed by atoms with E-state index in [2.05, 4.69) is 5.32 Å². The Bertz CT molecular complexity index is 937. The van der Waals surface area contributed by atoms with E-state index < -0.39 is 18.3 Å². The monoisotopic (exact) mass is 377 g/mol. The van der Waals surface area contributed by atoms with Crippen molar-refractivity contribution in [3.05, 3.63) is 59.2 Å². The summed E-state index contributed by atoms with van der Waals surface area (Å²) in [5.74, 6) is -0.192. The Hall–Kier alpha value is -2.44. The number of carbonyl (C=O) groups excluding carboxylic acids is 2. The van der Waals surface area contributed by atoms with E-state index in [-0.39, 0.29) is 11.7 Å². The zero-order valence-corrected chi connectivity index (χ0v) is 16.7. The van der Waals surface area contributed by atoms with Gasteiger partial charge < -0.3 is 14.6 Å². The summed E-state index contributed by atoms with van der Waals surface area (Å²) in [6.45, 7) is 8.03. The average molecular weight is 377 g/mol. The molecule has 0 spiro atoms. The predicted octanol–water partition coefficient (Wildman–Crippen LogP) is 3.37. The van der Waals surface area contributed by atoms with Gasteiger partial charge in [0.1, 0.15) is 0 Å². The second-order valence-corrected chi connectivity index (χ2v) is 8.39. The fourth-order valence-corrected chi connectivity index (χ4v) is 3.69. The number of anilines is 1. The Labute approximate surface area is 165 Å². The Balaban J connectivity index is 1.68. The van der Waals surface area contributed by atoms with Gasteiger partial charge in [-0.15, -0.1) is 0 Å².